The lowest BCUT2D eigenvalue weighted by atomic mass is 10.4. The first-order chi connectivity index (χ1) is 9.57. The molecule has 1 aliphatic carbocycles. The van der Waals surface area contributed by atoms with E-state index < -0.39 is 10.0 Å². The van der Waals surface area contributed by atoms with Gasteiger partial charge in [-0.1, -0.05) is 12.2 Å². The topological polar surface area (TPSA) is 49.4 Å². The second kappa shape index (κ2) is 6.67. The third kappa shape index (κ3) is 3.79. The summed E-state index contributed by atoms with van der Waals surface area (Å²) in [4.78, 5) is 1.41. The summed E-state index contributed by atoms with van der Waals surface area (Å²) in [5, 5.41) is 5.09. The predicted molar refractivity (Wildman–Crippen MR) is 83.3 cm³/mol. The molecule has 4 nitrogen and oxygen atoms in total. The maximum absolute atomic E-state index is 12.5. The van der Waals surface area contributed by atoms with Gasteiger partial charge in [0.05, 0.1) is 4.90 Å². The van der Waals surface area contributed by atoms with Gasteiger partial charge in [0.25, 0.3) is 0 Å². The van der Waals surface area contributed by atoms with Crippen LogP contribution in [0.4, 0.5) is 0 Å². The van der Waals surface area contributed by atoms with Crippen LogP contribution in [0, 0.1) is 0 Å². The Hall–Kier alpha value is -0.950. The molecule has 0 atom stereocenters. The SMILES string of the molecule is C=CCN(CC=C)S(=O)(=O)c1csc(CNC2CC2)c1. The van der Waals surface area contributed by atoms with E-state index in [0.717, 1.165) is 11.4 Å². The van der Waals surface area contributed by atoms with Gasteiger partial charge in [-0.2, -0.15) is 4.31 Å². The van der Waals surface area contributed by atoms with Crippen molar-refractivity contribution in [2.45, 2.75) is 30.3 Å². The monoisotopic (exact) mass is 312 g/mol. The Bertz CT molecular complexity index is 564. The predicted octanol–water partition coefficient (Wildman–Crippen LogP) is 2.36. The van der Waals surface area contributed by atoms with Gasteiger partial charge in [-0.25, -0.2) is 8.42 Å². The smallest absolute Gasteiger partial charge is 0.244 e. The van der Waals surface area contributed by atoms with E-state index in [9.17, 15) is 8.42 Å². The van der Waals surface area contributed by atoms with Gasteiger partial charge in [0.1, 0.15) is 0 Å². The second-order valence-electron chi connectivity index (χ2n) is 4.80. The fraction of sp³-hybridized carbons (Fsp3) is 0.429. The van der Waals surface area contributed by atoms with Crippen LogP contribution in [-0.4, -0.2) is 31.9 Å². The molecule has 0 radical (unpaired) electrons. The van der Waals surface area contributed by atoms with E-state index >= 15 is 0 Å². The van der Waals surface area contributed by atoms with Gasteiger partial charge in [0, 0.05) is 35.9 Å². The van der Waals surface area contributed by atoms with Crippen LogP contribution in [0.5, 0.6) is 0 Å². The molecule has 0 bridgehead atoms. The Balaban J connectivity index is 2.10. The first-order valence-corrected chi connectivity index (χ1v) is 8.92. The van der Waals surface area contributed by atoms with Crippen LogP contribution >= 0.6 is 11.3 Å². The van der Waals surface area contributed by atoms with E-state index in [1.165, 1.54) is 28.5 Å². The van der Waals surface area contributed by atoms with Gasteiger partial charge in [-0.15, -0.1) is 24.5 Å². The highest BCUT2D eigenvalue weighted by molar-refractivity contribution is 7.89. The fourth-order valence-corrected chi connectivity index (χ4v) is 4.42. The molecular weight excluding hydrogens is 292 g/mol. The van der Waals surface area contributed by atoms with Gasteiger partial charge in [0.2, 0.25) is 10.0 Å². The fourth-order valence-electron chi connectivity index (χ4n) is 1.83. The van der Waals surface area contributed by atoms with Crippen molar-refractivity contribution in [1.29, 1.82) is 0 Å². The second-order valence-corrected chi connectivity index (χ2v) is 7.74. The summed E-state index contributed by atoms with van der Waals surface area (Å²) >= 11 is 1.48. The van der Waals surface area contributed by atoms with Crippen molar-refractivity contribution in [2.75, 3.05) is 13.1 Å². The number of hydrogen-bond donors (Lipinski definition) is 1. The maximum atomic E-state index is 12.5. The zero-order chi connectivity index (χ0) is 14.6. The van der Waals surface area contributed by atoms with Crippen LogP contribution in [0.1, 0.15) is 17.7 Å². The molecule has 1 aliphatic rings. The van der Waals surface area contributed by atoms with Crippen LogP contribution in [0.25, 0.3) is 0 Å². The number of nitrogens with zero attached hydrogens (tertiary/aromatic N) is 1. The molecule has 1 saturated carbocycles. The average molecular weight is 312 g/mol. The summed E-state index contributed by atoms with van der Waals surface area (Å²) in [6, 6.07) is 2.38. The molecule has 0 amide bonds. The lowest BCUT2D eigenvalue weighted by Crippen LogP contribution is -2.31. The normalized spacial score (nSPS) is 15.4. The van der Waals surface area contributed by atoms with Crippen molar-refractivity contribution < 1.29 is 8.42 Å². The molecule has 1 heterocycles. The van der Waals surface area contributed by atoms with Crippen LogP contribution in [0.2, 0.25) is 0 Å². The van der Waals surface area contributed by atoms with E-state index in [4.69, 9.17) is 0 Å². The van der Waals surface area contributed by atoms with Gasteiger partial charge >= 0.3 is 0 Å². The number of rotatable bonds is 9. The van der Waals surface area contributed by atoms with Gasteiger partial charge in [-0.05, 0) is 18.9 Å². The summed E-state index contributed by atoms with van der Waals surface area (Å²) < 4.78 is 26.4. The molecule has 0 aliphatic heterocycles. The molecule has 20 heavy (non-hydrogen) atoms. The first kappa shape index (κ1) is 15.4. The number of thiophene rings is 1. The standard InChI is InChI=1S/C14H20N2O2S2/c1-3-7-16(8-4-2)20(17,18)14-9-13(19-11-14)10-15-12-5-6-12/h3-4,9,11-12,15H,1-2,5-8,10H2. The average Bonchev–Trinajstić information content (AvgIpc) is 3.12. The highest BCUT2D eigenvalue weighted by atomic mass is 32.2. The lowest BCUT2D eigenvalue weighted by Gasteiger charge is -2.17. The van der Waals surface area contributed by atoms with Gasteiger partial charge in [-0.3, -0.25) is 0 Å². The Labute approximate surface area is 124 Å². The minimum Gasteiger partial charge on any atom is -0.309 e. The van der Waals surface area contributed by atoms with Crippen LogP contribution in [0.3, 0.4) is 0 Å². The Kier molecular flexibility index (Phi) is 5.15. The van der Waals surface area contributed by atoms with Crippen molar-refractivity contribution in [2.24, 2.45) is 0 Å². The summed E-state index contributed by atoms with van der Waals surface area (Å²) in [5.41, 5.74) is 0. The Morgan fingerprint density at radius 3 is 2.55 bits per heavy atom. The molecule has 0 spiro atoms. The molecule has 0 saturated heterocycles. The molecule has 110 valence electrons. The van der Waals surface area contributed by atoms with E-state index in [-0.39, 0.29) is 0 Å². The maximum Gasteiger partial charge on any atom is 0.244 e. The molecule has 0 aromatic carbocycles. The minimum atomic E-state index is -3.45. The molecule has 1 N–H and O–H groups in total. The summed E-state index contributed by atoms with van der Waals surface area (Å²) in [5.74, 6) is 0. The molecule has 2 rings (SSSR count). The van der Waals surface area contributed by atoms with Crippen molar-refractivity contribution in [3.8, 4) is 0 Å². The highest BCUT2D eigenvalue weighted by Crippen LogP contribution is 2.24. The van der Waals surface area contributed by atoms with E-state index in [1.807, 2.05) is 0 Å². The third-order valence-corrected chi connectivity index (χ3v) is 5.97. The third-order valence-electron chi connectivity index (χ3n) is 3.08. The minimum absolute atomic E-state index is 0.292. The zero-order valence-corrected chi connectivity index (χ0v) is 13.0. The first-order valence-electron chi connectivity index (χ1n) is 6.60. The number of sulfonamides is 1. The van der Waals surface area contributed by atoms with Gasteiger partial charge in [0.15, 0.2) is 0 Å². The molecular formula is C14H20N2O2S2. The lowest BCUT2D eigenvalue weighted by molar-refractivity contribution is 0.474. The molecule has 0 unspecified atom stereocenters. The van der Waals surface area contributed by atoms with Crippen molar-refractivity contribution in [3.63, 3.8) is 0 Å². The number of nitrogens with one attached hydrogen (secondary N) is 1. The van der Waals surface area contributed by atoms with Crippen molar-refractivity contribution in [1.82, 2.24) is 9.62 Å². The summed E-state index contributed by atoms with van der Waals surface area (Å²) in [7, 11) is -3.45. The Morgan fingerprint density at radius 2 is 2.00 bits per heavy atom. The number of hydrogen-bond acceptors (Lipinski definition) is 4. The van der Waals surface area contributed by atoms with Crippen molar-refractivity contribution in [3.05, 3.63) is 41.6 Å². The van der Waals surface area contributed by atoms with E-state index in [1.54, 1.807) is 23.6 Å². The Morgan fingerprint density at radius 1 is 1.35 bits per heavy atom. The molecule has 1 aromatic heterocycles. The zero-order valence-electron chi connectivity index (χ0n) is 11.4. The largest absolute Gasteiger partial charge is 0.309 e. The van der Waals surface area contributed by atoms with Gasteiger partial charge < -0.3 is 5.32 Å². The van der Waals surface area contributed by atoms with E-state index in [0.29, 0.717) is 24.0 Å². The molecule has 1 aromatic rings. The summed E-state index contributed by atoms with van der Waals surface area (Å²) in [6.07, 6.45) is 5.62. The molecule has 6 heteroatoms. The highest BCUT2D eigenvalue weighted by Gasteiger charge is 2.24. The summed E-state index contributed by atoms with van der Waals surface area (Å²) in [6.45, 7) is 8.53. The van der Waals surface area contributed by atoms with Crippen LogP contribution in [0.15, 0.2) is 41.7 Å². The van der Waals surface area contributed by atoms with E-state index in [2.05, 4.69) is 18.5 Å². The van der Waals surface area contributed by atoms with Crippen molar-refractivity contribution >= 4 is 21.4 Å². The molecule has 1 fully saturated rings. The quantitative estimate of drug-likeness (QED) is 0.712. The van der Waals surface area contributed by atoms with Crippen LogP contribution in [-0.2, 0) is 16.6 Å². The van der Waals surface area contributed by atoms with Crippen LogP contribution < -0.4 is 5.32 Å².